The average Bonchev–Trinajstić information content (AvgIpc) is 3.37. The molecule has 2 aliphatic rings. The summed E-state index contributed by atoms with van der Waals surface area (Å²) in [5.41, 5.74) is 6.69. The SMILES string of the molecule is Cc1cc(-c2cnn(CC3CC3)c2)cc2[nH]c(Nc3cc(C(C)N4CCNCC4)ccn3)nc12. The summed E-state index contributed by atoms with van der Waals surface area (Å²) < 4.78 is 2.08. The number of aromatic amines is 1. The lowest BCUT2D eigenvalue weighted by Gasteiger charge is -2.33. The molecule has 8 nitrogen and oxygen atoms in total. The molecule has 2 fully saturated rings. The smallest absolute Gasteiger partial charge is 0.206 e. The minimum Gasteiger partial charge on any atom is -0.324 e. The summed E-state index contributed by atoms with van der Waals surface area (Å²) in [7, 11) is 0. The first-order valence-corrected chi connectivity index (χ1v) is 12.3. The van der Waals surface area contributed by atoms with E-state index in [9.17, 15) is 0 Å². The van der Waals surface area contributed by atoms with E-state index in [-0.39, 0.29) is 0 Å². The molecule has 4 aromatic rings. The summed E-state index contributed by atoms with van der Waals surface area (Å²) in [6, 6.07) is 8.95. The minimum atomic E-state index is 0.354. The highest BCUT2D eigenvalue weighted by molar-refractivity contribution is 5.86. The molecule has 1 atom stereocenters. The van der Waals surface area contributed by atoms with E-state index in [1.165, 1.54) is 18.4 Å². The fourth-order valence-electron chi connectivity index (χ4n) is 4.87. The molecule has 1 saturated carbocycles. The number of benzene rings is 1. The first-order valence-electron chi connectivity index (χ1n) is 12.3. The van der Waals surface area contributed by atoms with Gasteiger partial charge in [0.25, 0.3) is 0 Å². The number of hydrogen-bond donors (Lipinski definition) is 3. The third-order valence-electron chi connectivity index (χ3n) is 7.10. The van der Waals surface area contributed by atoms with Crippen LogP contribution in [0.2, 0.25) is 0 Å². The number of rotatable bonds is 7. The molecular weight excluding hydrogens is 424 g/mol. The normalized spacial score (nSPS) is 17.8. The van der Waals surface area contributed by atoms with Gasteiger partial charge in [-0.2, -0.15) is 5.10 Å². The molecule has 176 valence electrons. The predicted octanol–water partition coefficient (Wildman–Crippen LogP) is 4.25. The maximum Gasteiger partial charge on any atom is 0.206 e. The number of hydrogen-bond acceptors (Lipinski definition) is 6. The molecule has 6 rings (SSSR count). The van der Waals surface area contributed by atoms with Gasteiger partial charge >= 0.3 is 0 Å². The van der Waals surface area contributed by atoms with Crippen LogP contribution in [0.1, 0.15) is 36.9 Å². The largest absolute Gasteiger partial charge is 0.324 e. The summed E-state index contributed by atoms with van der Waals surface area (Å²) >= 11 is 0. The van der Waals surface area contributed by atoms with E-state index in [1.807, 2.05) is 12.4 Å². The first kappa shape index (κ1) is 21.3. The Kier molecular flexibility index (Phi) is 5.55. The van der Waals surface area contributed by atoms with E-state index in [0.717, 1.165) is 72.2 Å². The van der Waals surface area contributed by atoms with Crippen molar-refractivity contribution in [2.75, 3.05) is 31.5 Å². The van der Waals surface area contributed by atoms with Crippen LogP contribution in [0, 0.1) is 12.8 Å². The molecule has 0 spiro atoms. The van der Waals surface area contributed by atoms with E-state index < -0.39 is 0 Å². The van der Waals surface area contributed by atoms with Gasteiger partial charge in [-0.05, 0) is 73.6 Å². The molecule has 1 unspecified atom stereocenters. The lowest BCUT2D eigenvalue weighted by Crippen LogP contribution is -2.44. The molecule has 3 aromatic heterocycles. The van der Waals surface area contributed by atoms with Crippen LogP contribution in [-0.4, -0.2) is 55.8 Å². The Labute approximate surface area is 199 Å². The van der Waals surface area contributed by atoms with E-state index in [1.54, 1.807) is 0 Å². The summed E-state index contributed by atoms with van der Waals surface area (Å²) in [6.07, 6.45) is 8.66. The number of nitrogens with zero attached hydrogens (tertiary/aromatic N) is 5. The van der Waals surface area contributed by atoms with Gasteiger partial charge in [-0.15, -0.1) is 0 Å². The van der Waals surface area contributed by atoms with Gasteiger partial charge in [0.05, 0.1) is 17.2 Å². The fourth-order valence-corrected chi connectivity index (χ4v) is 4.87. The van der Waals surface area contributed by atoms with Gasteiger partial charge in [0.15, 0.2) is 0 Å². The van der Waals surface area contributed by atoms with Crippen molar-refractivity contribution < 1.29 is 0 Å². The van der Waals surface area contributed by atoms with E-state index in [4.69, 9.17) is 4.98 Å². The Morgan fingerprint density at radius 1 is 1.15 bits per heavy atom. The Bertz CT molecular complexity index is 1300. The number of aromatic nitrogens is 5. The van der Waals surface area contributed by atoms with Crippen LogP contribution in [0.25, 0.3) is 22.2 Å². The molecule has 0 bridgehead atoms. The number of imidazole rings is 1. The predicted molar refractivity (Wildman–Crippen MR) is 135 cm³/mol. The molecule has 8 heteroatoms. The fraction of sp³-hybridized carbons (Fsp3) is 0.423. The molecule has 4 heterocycles. The molecule has 0 radical (unpaired) electrons. The number of fused-ring (bicyclic) bond motifs is 1. The topological polar surface area (TPSA) is 86.7 Å². The maximum absolute atomic E-state index is 4.81. The van der Waals surface area contributed by atoms with Gasteiger partial charge in [0.2, 0.25) is 5.95 Å². The van der Waals surface area contributed by atoms with Crippen LogP contribution in [-0.2, 0) is 6.54 Å². The zero-order chi connectivity index (χ0) is 23.1. The van der Waals surface area contributed by atoms with Gasteiger partial charge < -0.3 is 15.6 Å². The first-order chi connectivity index (χ1) is 16.6. The molecule has 34 heavy (non-hydrogen) atoms. The van der Waals surface area contributed by atoms with Crippen LogP contribution < -0.4 is 10.6 Å². The van der Waals surface area contributed by atoms with Gasteiger partial charge in [-0.25, -0.2) is 9.97 Å². The number of aryl methyl sites for hydroxylation is 1. The van der Waals surface area contributed by atoms with Gasteiger partial charge in [-0.3, -0.25) is 9.58 Å². The molecule has 1 aromatic carbocycles. The number of nitrogens with one attached hydrogen (secondary N) is 3. The number of H-pyrrole nitrogens is 1. The van der Waals surface area contributed by atoms with Crippen molar-refractivity contribution in [2.24, 2.45) is 5.92 Å². The Hall–Kier alpha value is -3.23. The third kappa shape index (κ3) is 4.43. The third-order valence-corrected chi connectivity index (χ3v) is 7.10. The summed E-state index contributed by atoms with van der Waals surface area (Å²) in [4.78, 5) is 15.3. The molecule has 3 N–H and O–H groups in total. The molecule has 1 aliphatic heterocycles. The molecular formula is C26H32N8. The van der Waals surface area contributed by atoms with Crippen LogP contribution in [0.15, 0.2) is 42.9 Å². The Morgan fingerprint density at radius 2 is 2.00 bits per heavy atom. The van der Waals surface area contributed by atoms with E-state index in [2.05, 4.69) is 79.6 Å². The van der Waals surface area contributed by atoms with Crippen molar-refractivity contribution in [3.63, 3.8) is 0 Å². The quantitative estimate of drug-likeness (QED) is 0.385. The lowest BCUT2D eigenvalue weighted by atomic mass is 10.1. The summed E-state index contributed by atoms with van der Waals surface area (Å²) in [5, 5.41) is 11.4. The highest BCUT2D eigenvalue weighted by Crippen LogP contribution is 2.32. The van der Waals surface area contributed by atoms with Crippen molar-refractivity contribution in [1.29, 1.82) is 0 Å². The second-order valence-electron chi connectivity index (χ2n) is 9.73. The zero-order valence-electron chi connectivity index (χ0n) is 19.9. The number of pyridine rings is 1. The van der Waals surface area contributed by atoms with Crippen LogP contribution in [0.4, 0.5) is 11.8 Å². The van der Waals surface area contributed by atoms with E-state index in [0.29, 0.717) is 12.0 Å². The molecule has 1 saturated heterocycles. The zero-order valence-corrected chi connectivity index (χ0v) is 19.9. The van der Waals surface area contributed by atoms with Crippen molar-refractivity contribution in [3.8, 4) is 11.1 Å². The Balaban J connectivity index is 1.22. The standard InChI is InChI=1S/C26H32N8/c1-17-11-21(22-14-29-34(16-22)15-19-3-4-19)12-23-25(17)32-26(30-23)31-24-13-20(5-6-28-24)18(2)33-9-7-27-8-10-33/h5-6,11-14,16,18-19,27H,3-4,7-10,15H2,1-2H3,(H2,28,30,31,32). The van der Waals surface area contributed by atoms with Crippen molar-refractivity contribution in [3.05, 3.63) is 54.0 Å². The number of anilines is 2. The summed E-state index contributed by atoms with van der Waals surface area (Å²) in [6.45, 7) is 9.62. The monoisotopic (exact) mass is 456 g/mol. The van der Waals surface area contributed by atoms with Crippen molar-refractivity contribution in [1.82, 2.24) is 34.9 Å². The van der Waals surface area contributed by atoms with Crippen LogP contribution in [0.3, 0.4) is 0 Å². The number of piperazine rings is 1. The van der Waals surface area contributed by atoms with Gasteiger partial charge in [0.1, 0.15) is 5.82 Å². The van der Waals surface area contributed by atoms with Crippen LogP contribution in [0.5, 0.6) is 0 Å². The highest BCUT2D eigenvalue weighted by Gasteiger charge is 2.22. The van der Waals surface area contributed by atoms with Crippen molar-refractivity contribution in [2.45, 2.75) is 39.3 Å². The average molecular weight is 457 g/mol. The minimum absolute atomic E-state index is 0.354. The molecule has 0 amide bonds. The lowest BCUT2D eigenvalue weighted by molar-refractivity contribution is 0.185. The molecule has 1 aliphatic carbocycles. The second-order valence-corrected chi connectivity index (χ2v) is 9.73. The van der Waals surface area contributed by atoms with E-state index >= 15 is 0 Å². The second kappa shape index (κ2) is 8.85. The van der Waals surface area contributed by atoms with Crippen molar-refractivity contribution >= 4 is 22.8 Å². The van der Waals surface area contributed by atoms with Gasteiger partial charge in [0, 0.05) is 56.7 Å². The Morgan fingerprint density at radius 3 is 2.82 bits per heavy atom. The van der Waals surface area contributed by atoms with Gasteiger partial charge in [-0.1, -0.05) is 0 Å². The van der Waals surface area contributed by atoms with Crippen LogP contribution >= 0.6 is 0 Å². The highest BCUT2D eigenvalue weighted by atomic mass is 15.3. The maximum atomic E-state index is 4.81. The summed E-state index contributed by atoms with van der Waals surface area (Å²) in [5.74, 6) is 2.32.